The summed E-state index contributed by atoms with van der Waals surface area (Å²) in [5.74, 6) is 1.28. The van der Waals surface area contributed by atoms with Crippen molar-refractivity contribution in [3.8, 4) is 0 Å². The number of hydrogen-bond donors (Lipinski definition) is 1. The molecule has 17 heavy (non-hydrogen) atoms. The molecule has 98 valence electrons. The first kappa shape index (κ1) is 12.9. The number of amides is 1. The molecule has 2 rings (SSSR count). The number of piperidine rings is 1. The smallest absolute Gasteiger partial charge is 0.222 e. The molecule has 1 N–H and O–H groups in total. The third kappa shape index (κ3) is 3.70. The first-order valence-corrected chi connectivity index (χ1v) is 7.18. The van der Waals surface area contributed by atoms with Crippen molar-refractivity contribution in [2.24, 2.45) is 11.8 Å². The van der Waals surface area contributed by atoms with Crippen LogP contribution < -0.4 is 0 Å². The van der Waals surface area contributed by atoms with Gasteiger partial charge in [0, 0.05) is 26.1 Å². The second-order valence-corrected chi connectivity index (χ2v) is 5.74. The normalized spacial score (nSPS) is 27.1. The van der Waals surface area contributed by atoms with Crippen LogP contribution in [0.25, 0.3) is 0 Å². The molecule has 1 heterocycles. The lowest BCUT2D eigenvalue weighted by Gasteiger charge is -2.33. The van der Waals surface area contributed by atoms with E-state index in [1.54, 1.807) is 0 Å². The molecule has 2 fully saturated rings. The number of carbonyl (C=O) groups is 1. The molecule has 0 radical (unpaired) electrons. The van der Waals surface area contributed by atoms with Gasteiger partial charge in [0.15, 0.2) is 0 Å². The van der Waals surface area contributed by atoms with E-state index in [1.165, 1.54) is 32.1 Å². The Morgan fingerprint density at radius 3 is 2.47 bits per heavy atom. The predicted molar refractivity (Wildman–Crippen MR) is 67.6 cm³/mol. The van der Waals surface area contributed by atoms with Crippen LogP contribution in [-0.4, -0.2) is 35.6 Å². The molecule has 2 aliphatic rings. The maximum absolute atomic E-state index is 12.2. The Bertz CT molecular complexity index is 249. The van der Waals surface area contributed by atoms with Gasteiger partial charge in [-0.2, -0.15) is 0 Å². The molecule has 0 spiro atoms. The molecule has 0 unspecified atom stereocenters. The lowest BCUT2D eigenvalue weighted by Crippen LogP contribution is -2.41. The predicted octanol–water partition coefficient (Wildman–Crippen LogP) is 2.19. The minimum atomic E-state index is 0.229. The molecule has 1 aliphatic heterocycles. The van der Waals surface area contributed by atoms with Crippen LogP contribution in [-0.2, 0) is 4.79 Å². The third-order valence-corrected chi connectivity index (χ3v) is 4.32. The van der Waals surface area contributed by atoms with Gasteiger partial charge in [-0.25, -0.2) is 0 Å². The average molecular weight is 239 g/mol. The molecular weight excluding hydrogens is 214 g/mol. The molecule has 0 bridgehead atoms. The SMILES string of the molecule is O=C(CC1CCCCC1)N1CCC[C@@H](CO)C1. The van der Waals surface area contributed by atoms with Gasteiger partial charge in [-0.05, 0) is 37.5 Å². The van der Waals surface area contributed by atoms with Gasteiger partial charge in [0.2, 0.25) is 5.91 Å². The van der Waals surface area contributed by atoms with Crippen LogP contribution >= 0.6 is 0 Å². The lowest BCUT2D eigenvalue weighted by atomic mass is 9.86. The highest BCUT2D eigenvalue weighted by Gasteiger charge is 2.25. The summed E-state index contributed by atoms with van der Waals surface area (Å²) in [4.78, 5) is 14.2. The van der Waals surface area contributed by atoms with E-state index in [9.17, 15) is 9.90 Å². The van der Waals surface area contributed by atoms with E-state index in [1.807, 2.05) is 4.90 Å². The van der Waals surface area contributed by atoms with Gasteiger partial charge >= 0.3 is 0 Å². The van der Waals surface area contributed by atoms with Crippen molar-refractivity contribution in [1.82, 2.24) is 4.90 Å². The van der Waals surface area contributed by atoms with Crippen LogP contribution in [0.3, 0.4) is 0 Å². The van der Waals surface area contributed by atoms with E-state index in [2.05, 4.69) is 0 Å². The fourth-order valence-electron chi connectivity index (χ4n) is 3.21. The number of nitrogens with zero attached hydrogens (tertiary/aromatic N) is 1. The topological polar surface area (TPSA) is 40.5 Å². The maximum atomic E-state index is 12.2. The van der Waals surface area contributed by atoms with Gasteiger partial charge in [-0.1, -0.05) is 19.3 Å². The molecule has 1 aliphatic carbocycles. The highest BCUT2D eigenvalue weighted by atomic mass is 16.3. The van der Waals surface area contributed by atoms with E-state index >= 15 is 0 Å². The van der Waals surface area contributed by atoms with Crippen LogP contribution in [0.2, 0.25) is 0 Å². The molecule has 0 aromatic heterocycles. The summed E-state index contributed by atoms with van der Waals surface area (Å²) in [5.41, 5.74) is 0. The van der Waals surface area contributed by atoms with Crippen molar-refractivity contribution < 1.29 is 9.90 Å². The number of rotatable bonds is 3. The fraction of sp³-hybridized carbons (Fsp3) is 0.929. The van der Waals surface area contributed by atoms with Gasteiger partial charge in [0.25, 0.3) is 0 Å². The van der Waals surface area contributed by atoms with Gasteiger partial charge < -0.3 is 10.0 Å². The summed E-state index contributed by atoms with van der Waals surface area (Å²) in [5, 5.41) is 9.17. The molecule has 3 heteroatoms. The van der Waals surface area contributed by atoms with E-state index < -0.39 is 0 Å². The Labute approximate surface area is 104 Å². The van der Waals surface area contributed by atoms with Gasteiger partial charge in [0.1, 0.15) is 0 Å². The summed E-state index contributed by atoms with van der Waals surface area (Å²) in [6.07, 6.45) is 9.31. The number of aliphatic hydroxyl groups is 1. The molecule has 1 amide bonds. The van der Waals surface area contributed by atoms with Crippen LogP contribution in [0.1, 0.15) is 51.4 Å². The standard InChI is InChI=1S/C14H25NO2/c16-11-13-7-4-8-15(10-13)14(17)9-12-5-2-1-3-6-12/h12-13,16H,1-11H2/t13-/m1/s1. The molecule has 1 saturated carbocycles. The first-order valence-electron chi connectivity index (χ1n) is 7.18. The quantitative estimate of drug-likeness (QED) is 0.820. The fourth-order valence-corrected chi connectivity index (χ4v) is 3.21. The van der Waals surface area contributed by atoms with Crippen LogP contribution in [0, 0.1) is 11.8 Å². The number of hydrogen-bond acceptors (Lipinski definition) is 2. The molecular formula is C14H25NO2. The second kappa shape index (κ2) is 6.39. The molecule has 0 aromatic rings. The van der Waals surface area contributed by atoms with Gasteiger partial charge in [0.05, 0.1) is 0 Å². The second-order valence-electron chi connectivity index (χ2n) is 5.74. The maximum Gasteiger partial charge on any atom is 0.222 e. The first-order chi connectivity index (χ1) is 8.29. The number of carbonyl (C=O) groups excluding carboxylic acids is 1. The van der Waals surface area contributed by atoms with Gasteiger partial charge in [-0.3, -0.25) is 4.79 Å². The van der Waals surface area contributed by atoms with E-state index in [0.29, 0.717) is 17.7 Å². The Hall–Kier alpha value is -0.570. The van der Waals surface area contributed by atoms with Gasteiger partial charge in [-0.15, -0.1) is 0 Å². The average Bonchev–Trinajstić information content (AvgIpc) is 2.40. The highest BCUT2D eigenvalue weighted by molar-refractivity contribution is 5.76. The minimum Gasteiger partial charge on any atom is -0.396 e. The summed E-state index contributed by atoms with van der Waals surface area (Å²) < 4.78 is 0. The zero-order valence-electron chi connectivity index (χ0n) is 10.7. The molecule has 0 aromatic carbocycles. The Kier molecular flexibility index (Phi) is 4.84. The highest BCUT2D eigenvalue weighted by Crippen LogP contribution is 2.27. The van der Waals surface area contributed by atoms with Crippen molar-refractivity contribution in [2.45, 2.75) is 51.4 Å². The number of aliphatic hydroxyl groups excluding tert-OH is 1. The zero-order chi connectivity index (χ0) is 12.1. The Morgan fingerprint density at radius 2 is 1.76 bits per heavy atom. The van der Waals surface area contributed by atoms with E-state index in [-0.39, 0.29) is 6.61 Å². The molecule has 3 nitrogen and oxygen atoms in total. The van der Waals surface area contributed by atoms with E-state index in [0.717, 1.165) is 32.4 Å². The van der Waals surface area contributed by atoms with E-state index in [4.69, 9.17) is 0 Å². The summed E-state index contributed by atoms with van der Waals surface area (Å²) >= 11 is 0. The van der Waals surface area contributed by atoms with Crippen molar-refractivity contribution in [3.05, 3.63) is 0 Å². The van der Waals surface area contributed by atoms with Crippen molar-refractivity contribution in [1.29, 1.82) is 0 Å². The monoisotopic (exact) mass is 239 g/mol. The Morgan fingerprint density at radius 1 is 1.06 bits per heavy atom. The summed E-state index contributed by atoms with van der Waals surface area (Å²) in [6.45, 7) is 1.91. The van der Waals surface area contributed by atoms with Crippen molar-refractivity contribution >= 4 is 5.91 Å². The van der Waals surface area contributed by atoms with Crippen LogP contribution in [0.15, 0.2) is 0 Å². The molecule has 1 saturated heterocycles. The van der Waals surface area contributed by atoms with Crippen molar-refractivity contribution in [2.75, 3.05) is 19.7 Å². The Balaban J connectivity index is 1.78. The lowest BCUT2D eigenvalue weighted by molar-refractivity contribution is -0.134. The van der Waals surface area contributed by atoms with Crippen LogP contribution in [0.4, 0.5) is 0 Å². The third-order valence-electron chi connectivity index (χ3n) is 4.32. The minimum absolute atomic E-state index is 0.229. The molecule has 1 atom stereocenters. The zero-order valence-corrected chi connectivity index (χ0v) is 10.7. The summed E-state index contributed by atoms with van der Waals surface area (Å²) in [7, 11) is 0. The number of likely N-dealkylation sites (tertiary alicyclic amines) is 1. The summed E-state index contributed by atoms with van der Waals surface area (Å²) in [6, 6.07) is 0. The van der Waals surface area contributed by atoms with Crippen LogP contribution in [0.5, 0.6) is 0 Å². The largest absolute Gasteiger partial charge is 0.396 e. The van der Waals surface area contributed by atoms with Crippen molar-refractivity contribution in [3.63, 3.8) is 0 Å².